The summed E-state index contributed by atoms with van der Waals surface area (Å²) in [5, 5.41) is -0.934. The number of ether oxygens (including phenoxy) is 1. The second-order valence-corrected chi connectivity index (χ2v) is 16.9. The van der Waals surface area contributed by atoms with Gasteiger partial charge in [0.2, 0.25) is 0 Å². The summed E-state index contributed by atoms with van der Waals surface area (Å²) >= 11 is 0. The summed E-state index contributed by atoms with van der Waals surface area (Å²) < 4.78 is 301. The van der Waals surface area contributed by atoms with Gasteiger partial charge in [-0.15, -0.1) is 29.6 Å². The van der Waals surface area contributed by atoms with Gasteiger partial charge in [-0.25, -0.2) is 4.98 Å². The first-order chi connectivity index (χ1) is 45.8. The molecule has 0 fully saturated rings. The van der Waals surface area contributed by atoms with Crippen LogP contribution >= 0.6 is 0 Å². The van der Waals surface area contributed by atoms with Gasteiger partial charge in [-0.2, -0.15) is 18.1 Å². The average Bonchev–Trinajstić information content (AvgIpc) is 1.49. The standard InChI is InChI=1S/C62H50N4O.Pt/c1-61(2,3)46-30-27-42(28-31-46)45-29-34-55-54(37-45)53-33-32-50(40-58(53)66(55)59-38-47(35-36-63-59)62(4,5)6)67-49-22-15-21-48(39-49)64-41-65(57-26-14-13-25-56(57)64)60-51(43-17-9-7-10-18-43)23-16-24-52(60)44-19-11-8-12-20-44;/h7-38H,1-6H3;/q-2;/i7D,8D,9D,10D,11D,12D,13D,14D,15D,16D,17D,18D,19D,20D,21D,22D,23D,24D,25D,26D,27D,28D,29D,30D,31D,32D,33D,34D,35D,36D,37D,38D;. The van der Waals surface area contributed by atoms with Gasteiger partial charge in [0, 0.05) is 47.0 Å². The molecule has 0 bridgehead atoms. The predicted octanol–water partition coefficient (Wildman–Crippen LogP) is 15.2. The number of benzene rings is 8. The third-order valence-electron chi connectivity index (χ3n) is 10.3. The van der Waals surface area contributed by atoms with Gasteiger partial charge in [-0.05, 0) is 88.7 Å². The second-order valence-electron chi connectivity index (χ2n) is 16.9. The van der Waals surface area contributed by atoms with Crippen LogP contribution in [-0.2, 0) is 31.9 Å². The van der Waals surface area contributed by atoms with E-state index in [0.717, 1.165) is 4.57 Å². The van der Waals surface area contributed by atoms with Crippen LogP contribution in [0.25, 0.3) is 83.4 Å². The summed E-state index contributed by atoms with van der Waals surface area (Å²) in [6.07, 6.45) is 1.96. The first kappa shape index (κ1) is 20.9. The minimum atomic E-state index is -1.11. The van der Waals surface area contributed by atoms with Gasteiger partial charge >= 0.3 is 0 Å². The van der Waals surface area contributed by atoms with Crippen molar-refractivity contribution in [2.24, 2.45) is 0 Å². The molecule has 0 radical (unpaired) electrons. The van der Waals surface area contributed by atoms with Gasteiger partial charge in [0.05, 0.1) is 53.7 Å². The van der Waals surface area contributed by atoms with Crippen LogP contribution in [0.4, 0.5) is 0 Å². The second kappa shape index (κ2) is 17.7. The Hall–Kier alpha value is -7.33. The van der Waals surface area contributed by atoms with Crippen LogP contribution in [0.2, 0.25) is 0 Å². The molecule has 0 amide bonds. The van der Waals surface area contributed by atoms with Crippen molar-refractivity contribution in [1.29, 1.82) is 0 Å². The smallest absolute Gasteiger partial charge is 0.268 e. The molecule has 0 spiro atoms. The average molecular weight is 1090 g/mol. The van der Waals surface area contributed by atoms with E-state index in [4.69, 9.17) is 28.0 Å². The minimum absolute atomic E-state index is 0. The molecule has 11 aromatic rings. The van der Waals surface area contributed by atoms with Gasteiger partial charge < -0.3 is 13.9 Å². The summed E-state index contributed by atoms with van der Waals surface area (Å²) in [5.74, 6) is -2.37. The molecule has 11 rings (SSSR count). The number of pyridine rings is 1. The molecule has 3 aromatic heterocycles. The maximum absolute atomic E-state index is 9.87. The molecule has 0 aliphatic heterocycles. The van der Waals surface area contributed by atoms with Crippen molar-refractivity contribution in [2.75, 3.05) is 0 Å². The Morgan fingerprint density at radius 3 is 1.85 bits per heavy atom. The summed E-state index contributed by atoms with van der Waals surface area (Å²) in [7, 11) is 0. The van der Waals surface area contributed by atoms with Crippen molar-refractivity contribution in [3.05, 3.63) is 223 Å². The van der Waals surface area contributed by atoms with E-state index in [2.05, 4.69) is 23.4 Å². The van der Waals surface area contributed by atoms with E-state index >= 15 is 0 Å². The maximum Gasteiger partial charge on any atom is 0.268 e. The Morgan fingerprint density at radius 2 is 1.16 bits per heavy atom. The zero-order valence-corrected chi connectivity index (χ0v) is 38.8. The van der Waals surface area contributed by atoms with Gasteiger partial charge in [-0.3, -0.25) is 4.57 Å². The topological polar surface area (TPSA) is 35.9 Å². The molecule has 6 heteroatoms. The molecular weight excluding hydrogens is 1010 g/mol. The van der Waals surface area contributed by atoms with Gasteiger partial charge in [-0.1, -0.05) is 186 Å². The summed E-state index contributed by atoms with van der Waals surface area (Å²) in [6.45, 7) is 9.85. The van der Waals surface area contributed by atoms with Crippen molar-refractivity contribution in [3.63, 3.8) is 0 Å². The van der Waals surface area contributed by atoms with E-state index in [1.165, 1.54) is 0 Å². The van der Waals surface area contributed by atoms with Crippen LogP contribution in [0, 0.1) is 18.5 Å². The number of hydrogen-bond acceptors (Lipinski definition) is 2. The zero-order valence-electron chi connectivity index (χ0n) is 68.5. The fraction of sp³-hybridized carbons (Fsp3) is 0.129. The van der Waals surface area contributed by atoms with Crippen LogP contribution in [-0.4, -0.2) is 14.1 Å². The number of rotatable bonds is 8. The molecule has 0 aliphatic carbocycles. The first-order valence-electron chi connectivity index (χ1n) is 36.4. The minimum Gasteiger partial charge on any atom is -0.510 e. The monoisotopic (exact) mass is 1090 g/mol. The van der Waals surface area contributed by atoms with Crippen LogP contribution in [0.1, 0.15) is 96.5 Å². The fourth-order valence-electron chi connectivity index (χ4n) is 7.04. The Morgan fingerprint density at radius 1 is 0.529 bits per heavy atom. The normalized spacial score (nSPS) is 18.4. The predicted molar refractivity (Wildman–Crippen MR) is 274 cm³/mol. The van der Waals surface area contributed by atoms with Gasteiger partial charge in [0.25, 0.3) is 6.33 Å². The third kappa shape index (κ3) is 8.26. The molecule has 3 heterocycles. The molecule has 8 aromatic carbocycles. The number of imidazole rings is 1. The molecular formula is C62H50N4OPt-2. The summed E-state index contributed by atoms with van der Waals surface area (Å²) in [4.78, 5) is 4.28. The molecule has 0 N–H and O–H groups in total. The zero-order chi connectivity index (χ0) is 73.7. The maximum atomic E-state index is 9.87. The number of fused-ring (bicyclic) bond motifs is 4. The molecule has 0 saturated heterocycles. The van der Waals surface area contributed by atoms with E-state index in [9.17, 15) is 20.6 Å². The van der Waals surface area contributed by atoms with Crippen LogP contribution < -0.4 is 9.30 Å². The molecule has 0 saturated carbocycles. The number of para-hydroxylation sites is 3. The number of nitrogens with zero attached hydrogens (tertiary/aromatic N) is 4. The van der Waals surface area contributed by atoms with Crippen molar-refractivity contribution >= 4 is 32.8 Å². The van der Waals surface area contributed by atoms with Crippen molar-refractivity contribution in [1.82, 2.24) is 14.1 Å². The van der Waals surface area contributed by atoms with E-state index < -0.39 is 299 Å². The first-order valence-corrected chi connectivity index (χ1v) is 20.4. The van der Waals surface area contributed by atoms with Crippen LogP contribution in [0.15, 0.2) is 193 Å². The van der Waals surface area contributed by atoms with Crippen molar-refractivity contribution in [3.8, 4) is 62.1 Å². The van der Waals surface area contributed by atoms with E-state index in [0.29, 0.717) is 9.13 Å². The number of hydrogen-bond donors (Lipinski definition) is 0. The Labute approximate surface area is 458 Å². The van der Waals surface area contributed by atoms with Gasteiger partial charge in [0.1, 0.15) is 5.82 Å². The van der Waals surface area contributed by atoms with E-state index in [1.807, 2.05) is 0 Å². The van der Waals surface area contributed by atoms with Crippen LogP contribution in [0.3, 0.4) is 0 Å². The SMILES string of the molecule is [2H]c1nc(-n2c3[c-]c(Oc4[c-]c(-n5[c-][n+](-c6c(-c7c([2H])c([2H])c([2H])c([2H])c7[2H])c([2H])c([2H])c([2H])c6-c6c([2H])c([2H])c([2H])c([2H])c6[2H])c6c([2H])c([2H])c([2H])c([2H])c65)c([2H])c([2H])c4[2H])c([2H])c([2H])c3c3c([2H])c(-c4c([2H])c([2H])c(C(C)(C)C)c([2H])c4[2H])c([2H])c([2H])c32)c([2H])c(C(C)(C)C)c1[2H].[Pt]. The molecule has 0 atom stereocenters. The fourth-order valence-corrected chi connectivity index (χ4v) is 7.04. The van der Waals surface area contributed by atoms with E-state index in [1.54, 1.807) is 41.5 Å². The Bertz CT molecular complexity index is 5350. The van der Waals surface area contributed by atoms with Crippen molar-refractivity contribution in [2.45, 2.75) is 52.4 Å². The Kier molecular flexibility index (Phi) is 5.44. The quantitative estimate of drug-likeness (QED) is 0.112. The largest absolute Gasteiger partial charge is 0.510 e. The Balaban J connectivity index is 0.0000108. The molecule has 0 unspecified atom stereocenters. The molecule has 5 nitrogen and oxygen atoms in total. The third-order valence-corrected chi connectivity index (χ3v) is 10.3. The van der Waals surface area contributed by atoms with Crippen molar-refractivity contribution < 1.29 is 74.2 Å². The molecule has 336 valence electrons. The molecule has 0 aliphatic rings. The van der Waals surface area contributed by atoms with Gasteiger partial charge in [0.15, 0.2) is 0 Å². The summed E-state index contributed by atoms with van der Waals surface area (Å²) in [5.41, 5.74) is -11.2. The molecule has 68 heavy (non-hydrogen) atoms. The van der Waals surface area contributed by atoms with Crippen LogP contribution in [0.5, 0.6) is 11.5 Å². The van der Waals surface area contributed by atoms with E-state index in [-0.39, 0.29) is 32.2 Å². The number of aromatic nitrogens is 4. The summed E-state index contributed by atoms with van der Waals surface area (Å²) in [6, 6.07) is -23.0.